The van der Waals surface area contributed by atoms with Crippen LogP contribution in [0.1, 0.15) is 18.4 Å². The Balaban J connectivity index is 1.62. The molecule has 0 aliphatic carbocycles. The number of nitrogens with zero attached hydrogens (tertiary/aromatic N) is 1. The Kier molecular flexibility index (Phi) is 3.42. The highest BCUT2D eigenvalue weighted by molar-refractivity contribution is 5.79. The summed E-state index contributed by atoms with van der Waals surface area (Å²) in [5.74, 6) is 0.871. The maximum atomic E-state index is 12.3. The lowest BCUT2D eigenvalue weighted by Gasteiger charge is -2.34. The number of rotatable bonds is 3. The fourth-order valence-electron chi connectivity index (χ4n) is 2.97. The van der Waals surface area contributed by atoms with Crippen LogP contribution in [0.2, 0.25) is 0 Å². The van der Waals surface area contributed by atoms with Crippen molar-refractivity contribution in [3.8, 4) is 5.75 Å². The van der Waals surface area contributed by atoms with E-state index in [2.05, 4.69) is 0 Å². The monoisotopic (exact) mass is 261 g/mol. The van der Waals surface area contributed by atoms with E-state index in [1.165, 1.54) is 0 Å². The number of carbonyl (C=O) groups excluding carboxylic acids is 1. The first-order valence-corrected chi connectivity index (χ1v) is 6.83. The van der Waals surface area contributed by atoms with Crippen molar-refractivity contribution in [3.63, 3.8) is 0 Å². The summed E-state index contributed by atoms with van der Waals surface area (Å²) in [5, 5.41) is 0. The van der Waals surface area contributed by atoms with Gasteiger partial charge >= 0.3 is 0 Å². The van der Waals surface area contributed by atoms with E-state index in [0.29, 0.717) is 13.2 Å². The average Bonchev–Trinajstić information content (AvgIpc) is 2.67. The highest BCUT2D eigenvalue weighted by Crippen LogP contribution is 2.29. The number of amides is 1. The molecule has 0 N–H and O–H groups in total. The SMILES string of the molecule is Cc1ccccc1OCC(=O)N1[C@@H]2CC[C@@H]1COC2. The van der Waals surface area contributed by atoms with Crippen LogP contribution in [-0.4, -0.2) is 42.7 Å². The predicted octanol–water partition coefficient (Wildman–Crippen LogP) is 1.76. The molecule has 102 valence electrons. The molecule has 1 aromatic carbocycles. The van der Waals surface area contributed by atoms with Crippen molar-refractivity contribution in [3.05, 3.63) is 29.8 Å². The largest absolute Gasteiger partial charge is 0.484 e. The molecule has 3 rings (SSSR count). The van der Waals surface area contributed by atoms with Gasteiger partial charge in [-0.1, -0.05) is 18.2 Å². The number of benzene rings is 1. The summed E-state index contributed by atoms with van der Waals surface area (Å²) in [6.45, 7) is 3.45. The summed E-state index contributed by atoms with van der Waals surface area (Å²) < 4.78 is 11.1. The second-order valence-electron chi connectivity index (χ2n) is 5.28. The molecular weight excluding hydrogens is 242 g/mol. The topological polar surface area (TPSA) is 38.8 Å². The lowest BCUT2D eigenvalue weighted by Crippen LogP contribution is -2.50. The number of hydrogen-bond acceptors (Lipinski definition) is 3. The standard InChI is InChI=1S/C15H19NO3/c1-11-4-2-3-5-14(11)19-10-15(17)16-12-6-7-13(16)9-18-8-12/h2-5,12-13H,6-10H2,1H3/t12-,13-/m1/s1. The summed E-state index contributed by atoms with van der Waals surface area (Å²) in [4.78, 5) is 14.3. The number of hydrogen-bond donors (Lipinski definition) is 0. The van der Waals surface area contributed by atoms with Gasteiger partial charge in [-0.2, -0.15) is 0 Å². The van der Waals surface area contributed by atoms with Gasteiger partial charge in [-0.15, -0.1) is 0 Å². The molecule has 2 bridgehead atoms. The second kappa shape index (κ2) is 5.21. The van der Waals surface area contributed by atoms with E-state index in [1.54, 1.807) is 0 Å². The van der Waals surface area contributed by atoms with Crippen molar-refractivity contribution in [1.29, 1.82) is 0 Å². The van der Waals surface area contributed by atoms with Crippen LogP contribution >= 0.6 is 0 Å². The molecule has 19 heavy (non-hydrogen) atoms. The molecule has 2 fully saturated rings. The van der Waals surface area contributed by atoms with Crippen molar-refractivity contribution >= 4 is 5.91 Å². The van der Waals surface area contributed by atoms with Crippen LogP contribution in [0, 0.1) is 6.92 Å². The van der Waals surface area contributed by atoms with Gasteiger partial charge in [-0.3, -0.25) is 4.79 Å². The van der Waals surface area contributed by atoms with Crippen molar-refractivity contribution in [1.82, 2.24) is 4.90 Å². The Labute approximate surface area is 113 Å². The molecule has 2 aliphatic rings. The van der Waals surface area contributed by atoms with Gasteiger partial charge in [-0.25, -0.2) is 0 Å². The van der Waals surface area contributed by atoms with Crippen LogP contribution in [0.4, 0.5) is 0 Å². The van der Waals surface area contributed by atoms with Gasteiger partial charge in [0, 0.05) is 0 Å². The molecular formula is C15H19NO3. The lowest BCUT2D eigenvalue weighted by atomic mass is 10.2. The number of morpholine rings is 1. The van der Waals surface area contributed by atoms with E-state index in [9.17, 15) is 4.79 Å². The molecule has 0 saturated carbocycles. The molecule has 0 spiro atoms. The molecule has 0 radical (unpaired) electrons. The fourth-order valence-corrected chi connectivity index (χ4v) is 2.97. The summed E-state index contributed by atoms with van der Waals surface area (Å²) in [5.41, 5.74) is 1.06. The summed E-state index contributed by atoms with van der Waals surface area (Å²) >= 11 is 0. The third-order valence-electron chi connectivity index (χ3n) is 3.97. The molecule has 2 atom stereocenters. The molecule has 1 amide bonds. The smallest absolute Gasteiger partial charge is 0.261 e. The maximum Gasteiger partial charge on any atom is 0.261 e. The van der Waals surface area contributed by atoms with Gasteiger partial charge < -0.3 is 14.4 Å². The quantitative estimate of drug-likeness (QED) is 0.832. The van der Waals surface area contributed by atoms with Gasteiger partial charge in [0.05, 0.1) is 25.3 Å². The number of para-hydroxylation sites is 1. The van der Waals surface area contributed by atoms with Gasteiger partial charge in [-0.05, 0) is 31.4 Å². The average molecular weight is 261 g/mol. The predicted molar refractivity (Wildman–Crippen MR) is 71.1 cm³/mol. The maximum absolute atomic E-state index is 12.3. The van der Waals surface area contributed by atoms with Crippen LogP contribution in [0.15, 0.2) is 24.3 Å². The minimum absolute atomic E-state index is 0.0825. The summed E-state index contributed by atoms with van der Waals surface area (Å²) in [6.07, 6.45) is 2.11. The normalized spacial score (nSPS) is 25.4. The van der Waals surface area contributed by atoms with Crippen LogP contribution in [0.5, 0.6) is 5.75 Å². The Morgan fingerprint density at radius 1 is 1.32 bits per heavy atom. The van der Waals surface area contributed by atoms with Crippen molar-refractivity contribution < 1.29 is 14.3 Å². The molecule has 4 heteroatoms. The van der Waals surface area contributed by atoms with Crippen molar-refractivity contribution in [2.45, 2.75) is 31.8 Å². The van der Waals surface area contributed by atoms with E-state index < -0.39 is 0 Å². The number of aryl methyl sites for hydroxylation is 1. The first-order valence-electron chi connectivity index (χ1n) is 6.83. The zero-order chi connectivity index (χ0) is 13.2. The van der Waals surface area contributed by atoms with E-state index in [4.69, 9.17) is 9.47 Å². The van der Waals surface area contributed by atoms with Crippen molar-refractivity contribution in [2.75, 3.05) is 19.8 Å². The van der Waals surface area contributed by atoms with Gasteiger partial charge in [0.2, 0.25) is 0 Å². The second-order valence-corrected chi connectivity index (χ2v) is 5.28. The molecule has 0 unspecified atom stereocenters. The van der Waals surface area contributed by atoms with Crippen LogP contribution in [0.3, 0.4) is 0 Å². The number of carbonyl (C=O) groups is 1. The van der Waals surface area contributed by atoms with E-state index in [1.807, 2.05) is 36.1 Å². The minimum atomic E-state index is 0.0825. The molecule has 2 saturated heterocycles. The highest BCUT2D eigenvalue weighted by atomic mass is 16.5. The molecule has 0 aromatic heterocycles. The molecule has 2 heterocycles. The number of fused-ring (bicyclic) bond motifs is 2. The highest BCUT2D eigenvalue weighted by Gasteiger charge is 2.40. The van der Waals surface area contributed by atoms with E-state index in [0.717, 1.165) is 24.2 Å². The van der Waals surface area contributed by atoms with Crippen LogP contribution < -0.4 is 4.74 Å². The van der Waals surface area contributed by atoms with Gasteiger partial charge in [0.1, 0.15) is 5.75 Å². The fraction of sp³-hybridized carbons (Fsp3) is 0.533. The van der Waals surface area contributed by atoms with E-state index in [-0.39, 0.29) is 24.6 Å². The van der Waals surface area contributed by atoms with E-state index >= 15 is 0 Å². The third kappa shape index (κ3) is 2.45. The zero-order valence-electron chi connectivity index (χ0n) is 11.2. The summed E-state index contributed by atoms with van der Waals surface area (Å²) in [7, 11) is 0. The first kappa shape index (κ1) is 12.5. The van der Waals surface area contributed by atoms with Gasteiger partial charge in [0.25, 0.3) is 5.91 Å². The zero-order valence-corrected chi connectivity index (χ0v) is 11.2. The Hall–Kier alpha value is -1.55. The third-order valence-corrected chi connectivity index (χ3v) is 3.97. The number of ether oxygens (including phenoxy) is 2. The van der Waals surface area contributed by atoms with Crippen LogP contribution in [-0.2, 0) is 9.53 Å². The van der Waals surface area contributed by atoms with Crippen molar-refractivity contribution in [2.24, 2.45) is 0 Å². The molecule has 4 nitrogen and oxygen atoms in total. The lowest BCUT2D eigenvalue weighted by molar-refractivity contribution is -0.143. The summed E-state index contributed by atoms with van der Waals surface area (Å²) in [6, 6.07) is 8.28. The van der Waals surface area contributed by atoms with Crippen LogP contribution in [0.25, 0.3) is 0 Å². The Bertz CT molecular complexity index is 458. The Morgan fingerprint density at radius 2 is 2.00 bits per heavy atom. The minimum Gasteiger partial charge on any atom is -0.484 e. The molecule has 2 aliphatic heterocycles. The Morgan fingerprint density at radius 3 is 2.68 bits per heavy atom. The molecule has 1 aromatic rings. The first-order chi connectivity index (χ1) is 9.25. The van der Waals surface area contributed by atoms with Gasteiger partial charge in [0.15, 0.2) is 6.61 Å².